The number of nitrogens with zero attached hydrogens (tertiary/aromatic N) is 3. The van der Waals surface area contributed by atoms with Gasteiger partial charge in [0.1, 0.15) is 12.1 Å². The lowest BCUT2D eigenvalue weighted by atomic mass is 10.2. The van der Waals surface area contributed by atoms with Gasteiger partial charge in [-0.2, -0.15) is 0 Å². The van der Waals surface area contributed by atoms with Gasteiger partial charge in [-0.3, -0.25) is 4.79 Å². The normalized spacial score (nSPS) is 14.9. The van der Waals surface area contributed by atoms with Crippen LogP contribution in [-0.4, -0.2) is 53.6 Å². The molecule has 0 bridgehead atoms. The molecule has 6 nitrogen and oxygen atoms in total. The topological polar surface area (TPSA) is 53.7 Å². The number of halogens is 1. The molecule has 1 saturated heterocycles. The predicted octanol–water partition coefficient (Wildman–Crippen LogP) is -0.382. The van der Waals surface area contributed by atoms with Crippen LogP contribution in [0.5, 0.6) is 0 Å². The Hall–Kier alpha value is -1.63. The molecular formula is C20H32BrN3O3. The predicted molar refractivity (Wildman–Crippen MR) is 99.5 cm³/mol. The van der Waals surface area contributed by atoms with Crippen molar-refractivity contribution in [2.24, 2.45) is 0 Å². The average Bonchev–Trinajstić information content (AvgIpc) is 2.84. The van der Waals surface area contributed by atoms with E-state index in [2.05, 4.69) is 4.57 Å². The number of carbonyl (C=O) groups is 2. The van der Waals surface area contributed by atoms with E-state index in [-0.39, 0.29) is 29.0 Å². The third kappa shape index (κ3) is 8.73. The van der Waals surface area contributed by atoms with Crippen LogP contribution in [0.2, 0.25) is 0 Å². The monoisotopic (exact) mass is 441 g/mol. The van der Waals surface area contributed by atoms with Gasteiger partial charge in [-0.05, 0) is 33.6 Å². The number of aryl methyl sites for hydroxylation is 1. The second-order valence-corrected chi connectivity index (χ2v) is 7.77. The van der Waals surface area contributed by atoms with Gasteiger partial charge in [-0.15, -0.1) is 0 Å². The van der Waals surface area contributed by atoms with Gasteiger partial charge >= 0.3 is 6.09 Å². The summed E-state index contributed by atoms with van der Waals surface area (Å²) in [4.78, 5) is 28.2. The minimum Gasteiger partial charge on any atom is -1.00 e. The van der Waals surface area contributed by atoms with Gasteiger partial charge in [0.25, 0.3) is 0 Å². The summed E-state index contributed by atoms with van der Waals surface area (Å²) >= 11 is 0. The molecule has 7 heteroatoms. The average molecular weight is 442 g/mol. The second kappa shape index (κ2) is 11.3. The largest absolute Gasteiger partial charge is 1.00 e. The fraction of sp³-hybridized carbons (Fsp3) is 0.650. The quantitative estimate of drug-likeness (QED) is 0.462. The summed E-state index contributed by atoms with van der Waals surface area (Å²) in [6.07, 6.45) is 7.03. The summed E-state index contributed by atoms with van der Waals surface area (Å²) in [5.74, 6) is 0.189. The van der Waals surface area contributed by atoms with Gasteiger partial charge in [0.15, 0.2) is 12.4 Å². The minimum atomic E-state index is -0.490. The Morgan fingerprint density at radius 3 is 2.26 bits per heavy atom. The molecule has 1 aliphatic heterocycles. The summed E-state index contributed by atoms with van der Waals surface area (Å²) in [5, 5.41) is 0. The standard InChI is InChI=1S/C20H32N3O3.BrH/c1-20(2,3)26-19(25)23-15-9-14-22(16-17-23)18(24)10-5-8-13-21-11-6-4-7-12-21;/h4,6-7,11-12H,5,8-10,13-17H2,1-3H3;1H/q+1;/p-1. The lowest BCUT2D eigenvalue weighted by Gasteiger charge is -2.26. The lowest BCUT2D eigenvalue weighted by molar-refractivity contribution is -0.697. The minimum absolute atomic E-state index is 0. The molecule has 0 atom stereocenters. The molecule has 0 spiro atoms. The molecule has 1 aromatic rings. The van der Waals surface area contributed by atoms with Gasteiger partial charge < -0.3 is 31.5 Å². The molecule has 0 saturated carbocycles. The SMILES string of the molecule is CC(C)(C)OC(=O)N1CCCN(C(=O)CCCC[n+]2ccccc2)CC1.[Br-]. The fourth-order valence-electron chi connectivity index (χ4n) is 2.99. The van der Waals surface area contributed by atoms with Crippen LogP contribution in [0.4, 0.5) is 4.79 Å². The maximum Gasteiger partial charge on any atom is 0.410 e. The summed E-state index contributed by atoms with van der Waals surface area (Å²) < 4.78 is 7.57. The van der Waals surface area contributed by atoms with E-state index in [0.717, 1.165) is 25.8 Å². The van der Waals surface area contributed by atoms with Crippen LogP contribution in [0.3, 0.4) is 0 Å². The molecule has 2 heterocycles. The van der Waals surface area contributed by atoms with E-state index in [1.807, 2.05) is 56.3 Å². The Labute approximate surface area is 173 Å². The van der Waals surface area contributed by atoms with E-state index in [4.69, 9.17) is 4.74 Å². The van der Waals surface area contributed by atoms with E-state index in [1.54, 1.807) is 4.90 Å². The third-order valence-corrected chi connectivity index (χ3v) is 4.33. The van der Waals surface area contributed by atoms with Crippen LogP contribution < -0.4 is 21.5 Å². The number of carbonyl (C=O) groups excluding carboxylic acids is 2. The zero-order valence-electron chi connectivity index (χ0n) is 16.7. The summed E-state index contributed by atoms with van der Waals surface area (Å²) in [5.41, 5.74) is -0.490. The third-order valence-electron chi connectivity index (χ3n) is 4.33. The van der Waals surface area contributed by atoms with E-state index in [0.29, 0.717) is 32.6 Å². The van der Waals surface area contributed by atoms with E-state index < -0.39 is 5.60 Å². The number of ether oxygens (including phenoxy) is 1. The summed E-state index contributed by atoms with van der Waals surface area (Å²) in [6, 6.07) is 6.03. The van der Waals surface area contributed by atoms with Crippen molar-refractivity contribution in [1.29, 1.82) is 0 Å². The van der Waals surface area contributed by atoms with Crippen LogP contribution in [-0.2, 0) is 16.1 Å². The molecule has 1 fully saturated rings. The van der Waals surface area contributed by atoms with Crippen molar-refractivity contribution in [3.8, 4) is 0 Å². The number of unbranched alkanes of at least 4 members (excludes halogenated alkanes) is 1. The first kappa shape index (κ1) is 23.4. The first-order chi connectivity index (χ1) is 12.3. The Morgan fingerprint density at radius 2 is 1.59 bits per heavy atom. The summed E-state index contributed by atoms with van der Waals surface area (Å²) in [6.45, 7) is 9.02. The van der Waals surface area contributed by atoms with Gasteiger partial charge in [-0.25, -0.2) is 9.36 Å². The Balaban J connectivity index is 0.00000364. The van der Waals surface area contributed by atoms with E-state index >= 15 is 0 Å². The number of aromatic nitrogens is 1. The van der Waals surface area contributed by atoms with Crippen LogP contribution in [0.25, 0.3) is 0 Å². The molecule has 27 heavy (non-hydrogen) atoms. The number of hydrogen-bond acceptors (Lipinski definition) is 3. The molecule has 0 radical (unpaired) electrons. The number of pyridine rings is 1. The Morgan fingerprint density at radius 1 is 0.963 bits per heavy atom. The maximum absolute atomic E-state index is 12.5. The van der Waals surface area contributed by atoms with Crippen LogP contribution in [0.15, 0.2) is 30.6 Å². The van der Waals surface area contributed by atoms with Crippen LogP contribution in [0.1, 0.15) is 46.5 Å². The highest BCUT2D eigenvalue weighted by molar-refractivity contribution is 5.76. The van der Waals surface area contributed by atoms with E-state index in [1.165, 1.54) is 0 Å². The molecule has 152 valence electrons. The van der Waals surface area contributed by atoms with Crippen molar-refractivity contribution in [1.82, 2.24) is 9.80 Å². The van der Waals surface area contributed by atoms with Crippen molar-refractivity contribution in [2.75, 3.05) is 26.2 Å². The van der Waals surface area contributed by atoms with Gasteiger partial charge in [-0.1, -0.05) is 6.07 Å². The van der Waals surface area contributed by atoms with Crippen molar-refractivity contribution < 1.29 is 35.9 Å². The molecule has 0 aliphatic carbocycles. The van der Waals surface area contributed by atoms with E-state index in [9.17, 15) is 9.59 Å². The maximum atomic E-state index is 12.5. The fourth-order valence-corrected chi connectivity index (χ4v) is 2.99. The highest BCUT2D eigenvalue weighted by Gasteiger charge is 2.25. The number of hydrogen-bond donors (Lipinski definition) is 0. The van der Waals surface area contributed by atoms with Crippen molar-refractivity contribution >= 4 is 12.0 Å². The molecule has 0 unspecified atom stereocenters. The first-order valence-corrected chi connectivity index (χ1v) is 9.55. The second-order valence-electron chi connectivity index (χ2n) is 7.77. The zero-order valence-corrected chi connectivity index (χ0v) is 18.3. The first-order valence-electron chi connectivity index (χ1n) is 9.55. The molecule has 1 aliphatic rings. The van der Waals surface area contributed by atoms with Gasteiger partial charge in [0.05, 0.1) is 0 Å². The molecule has 0 N–H and O–H groups in total. The molecule has 2 rings (SSSR count). The Bertz CT molecular complexity index is 590. The van der Waals surface area contributed by atoms with Crippen molar-refractivity contribution in [2.45, 2.75) is 58.6 Å². The van der Waals surface area contributed by atoms with Gasteiger partial charge in [0.2, 0.25) is 5.91 Å². The van der Waals surface area contributed by atoms with Crippen LogP contribution >= 0.6 is 0 Å². The van der Waals surface area contributed by atoms with Crippen molar-refractivity contribution in [3.63, 3.8) is 0 Å². The van der Waals surface area contributed by atoms with Crippen LogP contribution in [0, 0.1) is 0 Å². The molecule has 1 aromatic heterocycles. The number of amides is 2. The highest BCUT2D eigenvalue weighted by atomic mass is 79.9. The molecular weight excluding hydrogens is 410 g/mol. The smallest absolute Gasteiger partial charge is 0.410 e. The lowest BCUT2D eigenvalue weighted by Crippen LogP contribution is -3.00. The number of rotatable bonds is 5. The van der Waals surface area contributed by atoms with Gasteiger partial charge in [0, 0.05) is 51.2 Å². The summed E-state index contributed by atoms with van der Waals surface area (Å²) in [7, 11) is 0. The molecule has 2 amide bonds. The van der Waals surface area contributed by atoms with Crippen molar-refractivity contribution in [3.05, 3.63) is 30.6 Å². The zero-order chi connectivity index (χ0) is 19.0. The highest BCUT2D eigenvalue weighted by Crippen LogP contribution is 2.13. The Kier molecular flexibility index (Phi) is 9.77. The molecule has 0 aromatic carbocycles.